The lowest BCUT2D eigenvalue weighted by Crippen LogP contribution is -2.51. The third-order valence-corrected chi connectivity index (χ3v) is 9.26. The maximum Gasteiger partial charge on any atom is 0.333 e. The van der Waals surface area contributed by atoms with Gasteiger partial charge in [0.25, 0.3) is 12.5 Å². The van der Waals surface area contributed by atoms with Gasteiger partial charge in [0, 0.05) is 26.1 Å². The first-order valence-corrected chi connectivity index (χ1v) is 16.5. The molecule has 6 unspecified atom stereocenters. The van der Waals surface area contributed by atoms with E-state index in [0.717, 1.165) is 111 Å². The van der Waals surface area contributed by atoms with Crippen molar-refractivity contribution in [1.29, 1.82) is 0 Å². The molecular weight excluding hydrogens is 568 g/mol. The summed E-state index contributed by atoms with van der Waals surface area (Å²) in [5, 5.41) is 14.3. The van der Waals surface area contributed by atoms with Gasteiger partial charge in [-0.15, -0.1) is 0 Å². The summed E-state index contributed by atoms with van der Waals surface area (Å²) in [6, 6.07) is 0. The first-order valence-electron chi connectivity index (χ1n) is 16.5. The fourth-order valence-electron chi connectivity index (χ4n) is 7.00. The van der Waals surface area contributed by atoms with E-state index in [0.29, 0.717) is 26.4 Å². The Morgan fingerprint density at radius 1 is 0.568 bits per heavy atom. The second kappa shape index (κ2) is 12.9. The number of aromatic amines is 2. The summed E-state index contributed by atoms with van der Waals surface area (Å²) in [6.45, 7) is 2.83. The zero-order valence-electron chi connectivity index (χ0n) is 25.2. The molecule has 0 saturated carbocycles. The van der Waals surface area contributed by atoms with Crippen molar-refractivity contribution in [2.45, 2.75) is 115 Å². The van der Waals surface area contributed by atoms with Crippen LogP contribution in [0.3, 0.4) is 0 Å². The number of hydrogen-bond donors (Lipinski definition) is 4. The number of aromatic nitrogens is 4. The van der Waals surface area contributed by atoms with Gasteiger partial charge in [-0.2, -0.15) is 10.2 Å². The van der Waals surface area contributed by atoms with Gasteiger partial charge in [0.1, 0.15) is 0 Å². The van der Waals surface area contributed by atoms with E-state index in [4.69, 9.17) is 28.4 Å². The Labute approximate surface area is 256 Å². The highest BCUT2D eigenvalue weighted by Crippen LogP contribution is 2.43. The largest absolute Gasteiger partial charge is 0.353 e. The number of aliphatic imine (C=N–C) groups is 2. The summed E-state index contributed by atoms with van der Waals surface area (Å²) in [7, 11) is 0. The predicted molar refractivity (Wildman–Crippen MR) is 158 cm³/mol. The van der Waals surface area contributed by atoms with Crippen LogP contribution >= 0.6 is 0 Å². The molecule has 2 aromatic heterocycles. The molecular formula is C30H44N8O6+2. The fraction of sp³-hybridized carbons (Fsp3) is 0.733. The molecule has 14 heteroatoms. The molecule has 44 heavy (non-hydrogen) atoms. The van der Waals surface area contributed by atoms with Crippen molar-refractivity contribution < 1.29 is 37.8 Å². The van der Waals surface area contributed by atoms with E-state index < -0.39 is 12.5 Å². The molecule has 2 aromatic rings. The van der Waals surface area contributed by atoms with Crippen LogP contribution in [0.5, 0.6) is 0 Å². The number of nitrogens with one attached hydrogen (secondary N) is 4. The first-order chi connectivity index (χ1) is 21.8. The van der Waals surface area contributed by atoms with Crippen LogP contribution < -0.4 is 20.0 Å². The van der Waals surface area contributed by atoms with Gasteiger partial charge in [-0.3, -0.25) is 0 Å². The lowest BCUT2D eigenvalue weighted by Gasteiger charge is -2.26. The van der Waals surface area contributed by atoms with Crippen LogP contribution in [0.1, 0.15) is 113 Å². The van der Waals surface area contributed by atoms with Gasteiger partial charge in [-0.05, 0) is 64.2 Å². The smallest absolute Gasteiger partial charge is 0.333 e. The molecule has 4 N–H and O–H groups in total. The van der Waals surface area contributed by atoms with Crippen LogP contribution in [0, 0.1) is 0 Å². The van der Waals surface area contributed by atoms with Gasteiger partial charge >= 0.3 is 11.4 Å². The number of anilines is 2. The highest BCUT2D eigenvalue weighted by molar-refractivity contribution is 5.92. The molecule has 6 aliphatic heterocycles. The number of hydrogen-bond acceptors (Lipinski definition) is 10. The van der Waals surface area contributed by atoms with Crippen LogP contribution in [0.4, 0.5) is 11.4 Å². The van der Waals surface area contributed by atoms with Crippen LogP contribution in [0.25, 0.3) is 11.4 Å². The van der Waals surface area contributed by atoms with Gasteiger partial charge in [0.2, 0.25) is 12.5 Å². The summed E-state index contributed by atoms with van der Waals surface area (Å²) in [5.74, 6) is 0. The quantitative estimate of drug-likeness (QED) is 0.344. The maximum absolute atomic E-state index is 6.44. The summed E-state index contributed by atoms with van der Waals surface area (Å²) in [5.41, 5.74) is 5.31. The van der Waals surface area contributed by atoms with Crippen molar-refractivity contribution in [1.82, 2.24) is 10.2 Å². The summed E-state index contributed by atoms with van der Waals surface area (Å²) in [4.78, 5) is 9.38. The minimum Gasteiger partial charge on any atom is -0.353 e. The zero-order valence-corrected chi connectivity index (χ0v) is 25.2. The van der Waals surface area contributed by atoms with Crippen molar-refractivity contribution in [3.8, 4) is 11.4 Å². The van der Waals surface area contributed by atoms with Crippen LogP contribution in [-0.2, 0) is 28.4 Å². The van der Waals surface area contributed by atoms with E-state index in [1.54, 1.807) is 12.7 Å². The minimum absolute atomic E-state index is 0.177. The predicted octanol–water partition coefficient (Wildman–Crippen LogP) is 3.97. The molecule has 0 bridgehead atoms. The molecule has 14 nitrogen and oxygen atoms in total. The van der Waals surface area contributed by atoms with Crippen molar-refractivity contribution in [3.05, 3.63) is 11.4 Å². The lowest BCUT2D eigenvalue weighted by molar-refractivity contribution is -0.825. The van der Waals surface area contributed by atoms with Gasteiger partial charge in [-0.25, -0.2) is 9.98 Å². The molecule has 8 rings (SSSR count). The maximum atomic E-state index is 6.44. The van der Waals surface area contributed by atoms with Crippen molar-refractivity contribution in [2.24, 2.45) is 9.98 Å². The third kappa shape index (κ3) is 5.56. The van der Waals surface area contributed by atoms with Gasteiger partial charge < -0.3 is 39.1 Å². The Morgan fingerprint density at radius 3 is 1.39 bits per heavy atom. The normalized spacial score (nSPS) is 32.0. The third-order valence-electron chi connectivity index (χ3n) is 9.26. The first kappa shape index (κ1) is 28.6. The minimum atomic E-state index is -0.541. The molecule has 0 aliphatic carbocycles. The van der Waals surface area contributed by atoms with Gasteiger partial charge in [0.15, 0.2) is 35.3 Å². The lowest BCUT2D eigenvalue weighted by atomic mass is 10.1. The molecule has 6 aliphatic rings. The summed E-state index contributed by atoms with van der Waals surface area (Å²) < 4.78 is 41.8. The number of rotatable bonds is 7. The Bertz CT molecular complexity index is 1250. The molecule has 0 spiro atoms. The Hall–Kier alpha value is -2.88. The topological polar surface area (TPSA) is 144 Å². The molecule has 4 fully saturated rings. The van der Waals surface area contributed by atoms with Gasteiger partial charge in [0.05, 0.1) is 25.9 Å². The highest BCUT2D eigenvalue weighted by atomic mass is 16.7. The summed E-state index contributed by atoms with van der Waals surface area (Å²) >= 11 is 0. The molecule has 238 valence electrons. The average Bonchev–Trinajstić information content (AvgIpc) is 3.66. The molecule has 8 heterocycles. The molecule has 4 saturated heterocycles. The standard InChI is InChI=1S/C30H42N8O6/c1-5-13-39-19(9-1)37-27(23-25(35-37)29(33-17-31-23)43-21-11-3-7-15-41-21)28-24-26(36-38(28)20-10-2-6-14-40-20)30(34-18-32-24)44-22-12-4-8-16-42-22/h17-22,29-30H,1-16H2,(H2,31,32,33,34,35,36)/p+2. The Kier molecular flexibility index (Phi) is 8.35. The molecule has 0 radical (unpaired) electrons. The number of H-pyrrole nitrogens is 2. The zero-order chi connectivity index (χ0) is 29.3. The number of fused-ring (bicyclic) bond motifs is 2. The van der Waals surface area contributed by atoms with Gasteiger partial charge in [-0.1, -0.05) is 9.36 Å². The fourth-order valence-corrected chi connectivity index (χ4v) is 7.00. The van der Waals surface area contributed by atoms with Crippen LogP contribution in [-0.4, -0.2) is 61.9 Å². The number of ether oxygens (including phenoxy) is 6. The second-order valence-electron chi connectivity index (χ2n) is 12.3. The van der Waals surface area contributed by atoms with Crippen molar-refractivity contribution >= 4 is 24.1 Å². The second-order valence-corrected chi connectivity index (χ2v) is 12.3. The molecule has 0 aromatic carbocycles. The average molecular weight is 613 g/mol. The molecule has 6 atom stereocenters. The van der Waals surface area contributed by atoms with Crippen LogP contribution in [0.2, 0.25) is 0 Å². The summed E-state index contributed by atoms with van der Waals surface area (Å²) in [6.07, 6.45) is 13.5. The van der Waals surface area contributed by atoms with E-state index in [1.165, 1.54) is 0 Å². The van der Waals surface area contributed by atoms with E-state index >= 15 is 0 Å². The highest BCUT2D eigenvalue weighted by Gasteiger charge is 2.49. The number of nitrogens with zero attached hydrogens (tertiary/aromatic N) is 4. The monoisotopic (exact) mass is 612 g/mol. The molecule has 0 amide bonds. The van der Waals surface area contributed by atoms with E-state index in [2.05, 4.69) is 40.2 Å². The van der Waals surface area contributed by atoms with Crippen molar-refractivity contribution in [3.63, 3.8) is 0 Å². The van der Waals surface area contributed by atoms with E-state index in [-0.39, 0.29) is 25.0 Å². The van der Waals surface area contributed by atoms with Crippen LogP contribution in [0.15, 0.2) is 9.98 Å². The van der Waals surface area contributed by atoms with E-state index in [1.807, 2.05) is 0 Å². The Balaban J connectivity index is 1.24. The van der Waals surface area contributed by atoms with Crippen molar-refractivity contribution in [2.75, 3.05) is 37.1 Å². The van der Waals surface area contributed by atoms with E-state index in [9.17, 15) is 0 Å². The Morgan fingerprint density at radius 2 is 1.00 bits per heavy atom. The SMILES string of the molecule is C1=NC(OC2CCCCO2)c2[nH][n+](C3CCCCO3)c(-c3c4c([nH][n+]3C3CCCCO3)C(OC3CCCCO3)N=CN4)c2N1.